The molecule has 1 atom stereocenters. The third-order valence-electron chi connectivity index (χ3n) is 2.47. The van der Waals surface area contributed by atoms with Crippen LogP contribution in [0.15, 0.2) is 18.2 Å². The van der Waals surface area contributed by atoms with Gasteiger partial charge in [-0.1, -0.05) is 0 Å². The number of rotatable bonds is 5. The maximum atomic E-state index is 13.5. The van der Waals surface area contributed by atoms with Crippen LogP contribution in [-0.2, 0) is 4.79 Å². The third kappa shape index (κ3) is 3.65. The zero-order valence-electron chi connectivity index (χ0n) is 10.4. The summed E-state index contributed by atoms with van der Waals surface area (Å²) in [6, 6.07) is 3.64. The van der Waals surface area contributed by atoms with E-state index in [1.807, 2.05) is 0 Å². The highest BCUT2D eigenvalue weighted by atomic mass is 19.1. The number of ether oxygens (including phenoxy) is 1. The quantitative estimate of drug-likeness (QED) is 0.720. The van der Waals surface area contributed by atoms with Gasteiger partial charge < -0.3 is 20.3 Å². The monoisotopic (exact) mass is 271 g/mol. The number of hydrogen-bond donors (Lipinski definition) is 3. The third-order valence-corrected chi connectivity index (χ3v) is 2.47. The summed E-state index contributed by atoms with van der Waals surface area (Å²) in [7, 11) is 1.36. The van der Waals surface area contributed by atoms with Gasteiger partial charge in [0.25, 0.3) is 5.91 Å². The summed E-state index contributed by atoms with van der Waals surface area (Å²) in [4.78, 5) is 22.3. The smallest absolute Gasteiger partial charge is 0.337 e. The van der Waals surface area contributed by atoms with Crippen molar-refractivity contribution >= 4 is 11.9 Å². The molecule has 0 spiro atoms. The number of aliphatic carboxylic acids is 1. The maximum Gasteiger partial charge on any atom is 0.337 e. The maximum absolute atomic E-state index is 13.5. The first-order valence-corrected chi connectivity index (χ1v) is 5.35. The highest BCUT2D eigenvalue weighted by molar-refractivity contribution is 5.95. The van der Waals surface area contributed by atoms with E-state index in [9.17, 15) is 19.1 Å². The molecule has 1 amide bonds. The number of aliphatic hydroxyl groups is 1. The van der Waals surface area contributed by atoms with Gasteiger partial charge >= 0.3 is 5.97 Å². The van der Waals surface area contributed by atoms with Gasteiger partial charge in [0.15, 0.2) is 5.60 Å². The highest BCUT2D eigenvalue weighted by Crippen LogP contribution is 2.16. The van der Waals surface area contributed by atoms with Gasteiger partial charge in [0.05, 0.1) is 19.2 Å². The minimum atomic E-state index is -2.11. The van der Waals surface area contributed by atoms with Crippen LogP contribution in [0.3, 0.4) is 0 Å². The van der Waals surface area contributed by atoms with Crippen LogP contribution in [0.1, 0.15) is 17.3 Å². The number of carbonyl (C=O) groups excluding carboxylic acids is 1. The molecule has 0 bridgehead atoms. The molecule has 0 aliphatic carbocycles. The van der Waals surface area contributed by atoms with Gasteiger partial charge in [-0.3, -0.25) is 4.79 Å². The van der Waals surface area contributed by atoms with Gasteiger partial charge in [-0.2, -0.15) is 0 Å². The first-order valence-electron chi connectivity index (χ1n) is 5.35. The number of benzene rings is 1. The number of methoxy groups -OCH3 is 1. The Balaban J connectivity index is 2.77. The molecule has 1 unspecified atom stereocenters. The molecule has 0 heterocycles. The van der Waals surface area contributed by atoms with Gasteiger partial charge in [0, 0.05) is 6.07 Å². The van der Waals surface area contributed by atoms with E-state index in [1.165, 1.54) is 19.2 Å². The van der Waals surface area contributed by atoms with Crippen LogP contribution in [0, 0.1) is 5.82 Å². The molecule has 1 aromatic carbocycles. The van der Waals surface area contributed by atoms with Crippen LogP contribution in [0.4, 0.5) is 4.39 Å². The van der Waals surface area contributed by atoms with E-state index in [0.29, 0.717) is 0 Å². The van der Waals surface area contributed by atoms with E-state index < -0.39 is 29.8 Å². The molecule has 0 saturated carbocycles. The van der Waals surface area contributed by atoms with Crippen molar-refractivity contribution in [1.29, 1.82) is 0 Å². The lowest BCUT2D eigenvalue weighted by Crippen LogP contribution is -2.46. The molecule has 6 nitrogen and oxygen atoms in total. The molecule has 1 aromatic rings. The zero-order valence-corrected chi connectivity index (χ0v) is 10.4. The highest BCUT2D eigenvalue weighted by Gasteiger charge is 2.30. The number of carboxylic acid groups (broad SMARTS) is 1. The van der Waals surface area contributed by atoms with E-state index in [2.05, 4.69) is 5.32 Å². The second kappa shape index (κ2) is 5.66. The Kier molecular flexibility index (Phi) is 4.44. The van der Waals surface area contributed by atoms with Crippen molar-refractivity contribution < 1.29 is 28.9 Å². The van der Waals surface area contributed by atoms with Crippen molar-refractivity contribution in [3.63, 3.8) is 0 Å². The summed E-state index contributed by atoms with van der Waals surface area (Å²) in [5.41, 5.74) is -2.37. The van der Waals surface area contributed by atoms with Crippen molar-refractivity contribution in [3.05, 3.63) is 29.6 Å². The van der Waals surface area contributed by atoms with Gasteiger partial charge in [-0.05, 0) is 19.1 Å². The number of carboxylic acids is 1. The Morgan fingerprint density at radius 3 is 2.58 bits per heavy atom. The molecule has 0 aromatic heterocycles. The number of amides is 1. The van der Waals surface area contributed by atoms with Crippen LogP contribution in [-0.4, -0.2) is 41.3 Å². The van der Waals surface area contributed by atoms with Crippen LogP contribution in [0.25, 0.3) is 0 Å². The van der Waals surface area contributed by atoms with Crippen molar-refractivity contribution in [2.24, 2.45) is 0 Å². The predicted molar refractivity (Wildman–Crippen MR) is 63.5 cm³/mol. The van der Waals surface area contributed by atoms with E-state index in [-0.39, 0.29) is 11.3 Å². The fraction of sp³-hybridized carbons (Fsp3) is 0.333. The van der Waals surface area contributed by atoms with Gasteiger partial charge in [-0.15, -0.1) is 0 Å². The molecule has 0 aliphatic rings. The normalized spacial score (nSPS) is 13.5. The van der Waals surface area contributed by atoms with Crippen LogP contribution >= 0.6 is 0 Å². The summed E-state index contributed by atoms with van der Waals surface area (Å²) in [6.45, 7) is 0.493. The lowest BCUT2D eigenvalue weighted by atomic mass is 10.1. The molecule has 0 aliphatic heterocycles. The Morgan fingerprint density at radius 2 is 2.11 bits per heavy atom. The Hall–Kier alpha value is -2.15. The summed E-state index contributed by atoms with van der Waals surface area (Å²) < 4.78 is 18.3. The molecule has 19 heavy (non-hydrogen) atoms. The van der Waals surface area contributed by atoms with Crippen LogP contribution < -0.4 is 10.1 Å². The largest absolute Gasteiger partial charge is 0.497 e. The zero-order chi connectivity index (χ0) is 14.6. The standard InChI is InChI=1S/C12H14FNO5/c1-12(18,11(16)17)6-14-10(15)8-4-3-7(19-2)5-9(8)13/h3-5,18H,6H2,1-2H3,(H,14,15)(H,16,17). The molecular weight excluding hydrogens is 257 g/mol. The molecule has 3 N–H and O–H groups in total. The second-order valence-corrected chi connectivity index (χ2v) is 4.11. The summed E-state index contributed by atoms with van der Waals surface area (Å²) in [5, 5.41) is 20.2. The topological polar surface area (TPSA) is 95.9 Å². The van der Waals surface area contributed by atoms with Crippen molar-refractivity contribution in [2.75, 3.05) is 13.7 Å². The van der Waals surface area contributed by atoms with Crippen molar-refractivity contribution in [1.82, 2.24) is 5.32 Å². The SMILES string of the molecule is COc1ccc(C(=O)NCC(C)(O)C(=O)O)c(F)c1. The fourth-order valence-electron chi connectivity index (χ4n) is 1.23. The lowest BCUT2D eigenvalue weighted by molar-refractivity contribution is -0.155. The second-order valence-electron chi connectivity index (χ2n) is 4.11. The molecule has 0 fully saturated rings. The minimum Gasteiger partial charge on any atom is -0.497 e. The van der Waals surface area contributed by atoms with Crippen molar-refractivity contribution in [2.45, 2.75) is 12.5 Å². The first kappa shape index (κ1) is 14.9. The molecule has 1 rings (SSSR count). The minimum absolute atomic E-state index is 0.256. The van der Waals surface area contributed by atoms with Crippen molar-refractivity contribution in [3.8, 4) is 5.75 Å². The summed E-state index contributed by atoms with van der Waals surface area (Å²) >= 11 is 0. The van der Waals surface area contributed by atoms with E-state index in [4.69, 9.17) is 9.84 Å². The molecule has 104 valence electrons. The van der Waals surface area contributed by atoms with Gasteiger partial charge in [-0.25, -0.2) is 9.18 Å². The Labute approximate surface area is 108 Å². The van der Waals surface area contributed by atoms with E-state index >= 15 is 0 Å². The van der Waals surface area contributed by atoms with E-state index in [1.54, 1.807) is 0 Å². The number of carbonyl (C=O) groups is 2. The molecular formula is C12H14FNO5. The molecule has 0 radical (unpaired) electrons. The number of nitrogens with one attached hydrogen (secondary N) is 1. The molecule has 0 saturated heterocycles. The molecule has 7 heteroatoms. The average Bonchev–Trinajstić information content (AvgIpc) is 2.35. The summed E-state index contributed by atoms with van der Waals surface area (Å²) in [5.74, 6) is -2.84. The number of hydrogen-bond acceptors (Lipinski definition) is 4. The first-order chi connectivity index (χ1) is 8.77. The Morgan fingerprint density at radius 1 is 1.47 bits per heavy atom. The lowest BCUT2D eigenvalue weighted by Gasteiger charge is -2.18. The Bertz CT molecular complexity index is 501. The van der Waals surface area contributed by atoms with Gasteiger partial charge in [0.2, 0.25) is 0 Å². The predicted octanol–water partition coefficient (Wildman–Crippen LogP) is 0.400. The number of halogens is 1. The summed E-state index contributed by atoms with van der Waals surface area (Å²) in [6.07, 6.45) is 0. The van der Waals surface area contributed by atoms with E-state index in [0.717, 1.165) is 13.0 Å². The fourth-order valence-corrected chi connectivity index (χ4v) is 1.23. The van der Waals surface area contributed by atoms with Crippen LogP contribution in [0.5, 0.6) is 5.75 Å². The van der Waals surface area contributed by atoms with Crippen LogP contribution in [0.2, 0.25) is 0 Å². The average molecular weight is 271 g/mol. The van der Waals surface area contributed by atoms with Gasteiger partial charge in [0.1, 0.15) is 11.6 Å².